The Kier molecular flexibility index (Phi) is 6.57. The molecular formula is C21H21ClN2O4. The predicted molar refractivity (Wildman–Crippen MR) is 107 cm³/mol. The number of aliphatic hydroxyl groups is 2. The summed E-state index contributed by atoms with van der Waals surface area (Å²) in [6.45, 7) is 1.39. The highest BCUT2D eigenvalue weighted by Crippen LogP contribution is 2.26. The number of fused-ring (bicyclic) bond motifs is 1. The fraction of sp³-hybridized carbons (Fsp3) is 0.286. The molecule has 7 heteroatoms. The first kappa shape index (κ1) is 20.2. The molecule has 6 nitrogen and oxygen atoms in total. The van der Waals surface area contributed by atoms with Gasteiger partial charge in [-0.1, -0.05) is 30.7 Å². The van der Waals surface area contributed by atoms with Crippen molar-refractivity contribution < 1.29 is 19.7 Å². The smallest absolute Gasteiger partial charge is 0.238 e. The molecule has 3 aromatic rings. The van der Waals surface area contributed by atoms with Crippen LogP contribution >= 0.6 is 11.6 Å². The number of Topliss-reactive ketones (excluding diaryl/α,β-unsaturated/α-hetero) is 1. The highest BCUT2D eigenvalue weighted by Gasteiger charge is 2.19. The number of halogens is 1. The lowest BCUT2D eigenvalue weighted by atomic mass is 9.91. The largest absolute Gasteiger partial charge is 0.437 e. The van der Waals surface area contributed by atoms with Gasteiger partial charge in [0.1, 0.15) is 11.5 Å². The predicted octanol–water partition coefficient (Wildman–Crippen LogP) is 3.74. The van der Waals surface area contributed by atoms with Crippen molar-refractivity contribution in [2.75, 3.05) is 13.2 Å². The summed E-state index contributed by atoms with van der Waals surface area (Å²) < 4.78 is 5.75. The lowest BCUT2D eigenvalue weighted by molar-refractivity contribution is -0.121. The molecule has 146 valence electrons. The topological polar surface area (TPSA) is 92.5 Å². The zero-order valence-corrected chi connectivity index (χ0v) is 16.1. The zero-order chi connectivity index (χ0) is 20.1. The molecule has 0 saturated carbocycles. The van der Waals surface area contributed by atoms with E-state index in [2.05, 4.69) is 9.97 Å². The van der Waals surface area contributed by atoms with Gasteiger partial charge in [-0.15, -0.1) is 0 Å². The van der Waals surface area contributed by atoms with Gasteiger partial charge in [0.25, 0.3) is 0 Å². The summed E-state index contributed by atoms with van der Waals surface area (Å²) in [4.78, 5) is 21.0. The molecule has 1 heterocycles. The van der Waals surface area contributed by atoms with E-state index in [0.29, 0.717) is 27.7 Å². The number of hydrogen-bond donors (Lipinski definition) is 2. The van der Waals surface area contributed by atoms with Crippen LogP contribution in [0.2, 0.25) is 5.02 Å². The summed E-state index contributed by atoms with van der Waals surface area (Å²) in [5.74, 6) is 0.162. The highest BCUT2D eigenvalue weighted by molar-refractivity contribution is 6.31. The van der Waals surface area contributed by atoms with Gasteiger partial charge in [0.2, 0.25) is 5.88 Å². The molecule has 1 aromatic heterocycles. The molecule has 0 amide bonds. The van der Waals surface area contributed by atoms with Crippen molar-refractivity contribution in [2.24, 2.45) is 5.92 Å². The number of nitrogens with zero attached hydrogens (tertiary/aromatic N) is 2. The van der Waals surface area contributed by atoms with E-state index in [1.54, 1.807) is 30.3 Å². The second kappa shape index (κ2) is 9.10. The van der Waals surface area contributed by atoms with Crippen molar-refractivity contribution in [3.8, 4) is 11.6 Å². The number of benzene rings is 2. The van der Waals surface area contributed by atoms with Crippen LogP contribution in [-0.4, -0.2) is 39.2 Å². The van der Waals surface area contributed by atoms with E-state index in [1.807, 2.05) is 19.1 Å². The van der Waals surface area contributed by atoms with E-state index in [0.717, 1.165) is 5.56 Å². The Labute approximate surface area is 167 Å². The van der Waals surface area contributed by atoms with Crippen LogP contribution in [0, 0.1) is 5.92 Å². The van der Waals surface area contributed by atoms with E-state index in [1.165, 1.54) is 6.20 Å². The number of carbonyl (C=O) groups excluding carboxylic acids is 1. The second-order valence-electron chi connectivity index (χ2n) is 6.64. The average molecular weight is 401 g/mol. The lowest BCUT2D eigenvalue weighted by Crippen LogP contribution is -2.19. The minimum Gasteiger partial charge on any atom is -0.437 e. The van der Waals surface area contributed by atoms with Gasteiger partial charge in [-0.3, -0.25) is 4.79 Å². The minimum absolute atomic E-state index is 0.0270. The monoisotopic (exact) mass is 400 g/mol. The van der Waals surface area contributed by atoms with Gasteiger partial charge in [-0.2, -0.15) is 0 Å². The molecule has 2 N–H and O–H groups in total. The Morgan fingerprint density at radius 1 is 1.11 bits per heavy atom. The maximum Gasteiger partial charge on any atom is 0.238 e. The van der Waals surface area contributed by atoms with Gasteiger partial charge in [-0.05, 0) is 35.9 Å². The van der Waals surface area contributed by atoms with Crippen molar-refractivity contribution in [3.05, 3.63) is 59.2 Å². The molecule has 0 aliphatic carbocycles. The van der Waals surface area contributed by atoms with Gasteiger partial charge in [-0.25, -0.2) is 9.97 Å². The first-order valence-electron chi connectivity index (χ1n) is 8.94. The summed E-state index contributed by atoms with van der Waals surface area (Å²) in [5.41, 5.74) is 2.21. The number of aromatic nitrogens is 2. The Balaban J connectivity index is 1.68. The normalized spacial score (nSPS) is 12.3. The Hall–Kier alpha value is -2.54. The van der Waals surface area contributed by atoms with Crippen LogP contribution in [0.25, 0.3) is 11.0 Å². The molecule has 0 aliphatic rings. The maximum absolute atomic E-state index is 12.3. The maximum atomic E-state index is 12.3. The third kappa shape index (κ3) is 4.84. The highest BCUT2D eigenvalue weighted by atomic mass is 35.5. The molecule has 0 saturated heterocycles. The van der Waals surface area contributed by atoms with Crippen molar-refractivity contribution in [1.29, 1.82) is 0 Å². The number of carbonyl (C=O) groups is 1. The van der Waals surface area contributed by atoms with Gasteiger partial charge < -0.3 is 14.9 Å². The fourth-order valence-corrected chi connectivity index (χ4v) is 2.96. The van der Waals surface area contributed by atoms with Gasteiger partial charge >= 0.3 is 0 Å². The van der Waals surface area contributed by atoms with Crippen LogP contribution in [0.3, 0.4) is 0 Å². The van der Waals surface area contributed by atoms with E-state index < -0.39 is 5.92 Å². The molecule has 0 radical (unpaired) electrons. The summed E-state index contributed by atoms with van der Waals surface area (Å²) >= 11 is 5.95. The van der Waals surface area contributed by atoms with Crippen molar-refractivity contribution >= 4 is 28.4 Å². The Morgan fingerprint density at radius 2 is 1.82 bits per heavy atom. The average Bonchev–Trinajstić information content (AvgIpc) is 2.72. The summed E-state index contributed by atoms with van der Waals surface area (Å²) in [6.07, 6.45) is 1.67. The minimum atomic E-state index is -0.418. The molecule has 2 aromatic carbocycles. The van der Waals surface area contributed by atoms with Gasteiger partial charge in [0.05, 0.1) is 17.2 Å². The molecular weight excluding hydrogens is 380 g/mol. The van der Waals surface area contributed by atoms with Crippen LogP contribution in [0.15, 0.2) is 48.7 Å². The SMILES string of the molecule is CC(C(=O)CC(CO)CO)c1ccc(Oc2cnc3cc(Cl)ccc3n2)cc1. The summed E-state index contributed by atoms with van der Waals surface area (Å²) in [5, 5.41) is 18.9. The number of aliphatic hydroxyl groups excluding tert-OH is 2. The van der Waals surface area contributed by atoms with E-state index in [4.69, 9.17) is 26.6 Å². The van der Waals surface area contributed by atoms with Gasteiger partial charge in [0, 0.05) is 36.5 Å². The van der Waals surface area contributed by atoms with Crippen LogP contribution in [0.5, 0.6) is 11.6 Å². The standard InChI is InChI=1S/C21H21ClN2O4/c1-13(20(27)8-14(11-25)12-26)15-2-5-17(6-3-15)28-21-10-23-19-9-16(22)4-7-18(19)24-21/h2-7,9-10,13-14,25-26H,8,11-12H2,1H3. The molecule has 0 spiro atoms. The first-order valence-corrected chi connectivity index (χ1v) is 9.32. The fourth-order valence-electron chi connectivity index (χ4n) is 2.80. The molecule has 0 aliphatic heterocycles. The number of rotatable bonds is 8. The summed E-state index contributed by atoms with van der Waals surface area (Å²) in [7, 11) is 0. The van der Waals surface area contributed by atoms with Crippen LogP contribution < -0.4 is 4.74 Å². The molecule has 3 rings (SSSR count). The first-order chi connectivity index (χ1) is 13.5. The molecule has 0 bridgehead atoms. The molecule has 0 fully saturated rings. The third-order valence-corrected chi connectivity index (χ3v) is 4.81. The Morgan fingerprint density at radius 3 is 2.50 bits per heavy atom. The quantitative estimate of drug-likeness (QED) is 0.598. The van der Waals surface area contributed by atoms with Crippen molar-refractivity contribution in [2.45, 2.75) is 19.3 Å². The molecule has 1 unspecified atom stereocenters. The molecule has 28 heavy (non-hydrogen) atoms. The van der Waals surface area contributed by atoms with Crippen molar-refractivity contribution in [1.82, 2.24) is 9.97 Å². The lowest BCUT2D eigenvalue weighted by Gasteiger charge is -2.15. The Bertz CT molecular complexity index is 958. The number of hydrogen-bond acceptors (Lipinski definition) is 6. The summed E-state index contributed by atoms with van der Waals surface area (Å²) in [6, 6.07) is 12.4. The van der Waals surface area contributed by atoms with E-state index in [9.17, 15) is 4.79 Å². The number of ether oxygens (including phenoxy) is 1. The number of ketones is 1. The zero-order valence-electron chi connectivity index (χ0n) is 15.4. The van der Waals surface area contributed by atoms with Crippen LogP contribution in [-0.2, 0) is 4.79 Å². The third-order valence-electron chi connectivity index (χ3n) is 4.57. The van der Waals surface area contributed by atoms with Crippen LogP contribution in [0.4, 0.5) is 0 Å². The molecule has 1 atom stereocenters. The van der Waals surface area contributed by atoms with Crippen LogP contribution in [0.1, 0.15) is 24.8 Å². The van der Waals surface area contributed by atoms with Crippen molar-refractivity contribution in [3.63, 3.8) is 0 Å². The van der Waals surface area contributed by atoms with E-state index in [-0.39, 0.29) is 31.3 Å². The van der Waals surface area contributed by atoms with E-state index >= 15 is 0 Å². The van der Waals surface area contributed by atoms with Gasteiger partial charge in [0.15, 0.2) is 0 Å². The second-order valence-corrected chi connectivity index (χ2v) is 7.07.